The summed E-state index contributed by atoms with van der Waals surface area (Å²) in [6.45, 7) is 4.64. The zero-order valence-electron chi connectivity index (χ0n) is 19.2. The molecule has 3 aromatic carbocycles. The van der Waals surface area contributed by atoms with Crippen molar-refractivity contribution >= 4 is 17.6 Å². The highest BCUT2D eigenvalue weighted by Gasteiger charge is 2.19. The van der Waals surface area contributed by atoms with Crippen molar-refractivity contribution in [2.24, 2.45) is 0 Å². The summed E-state index contributed by atoms with van der Waals surface area (Å²) < 4.78 is 0. The molecule has 0 atom stereocenters. The Labute approximate surface area is 199 Å². The summed E-state index contributed by atoms with van der Waals surface area (Å²) in [6, 6.07) is 19.4. The molecule has 4 rings (SSSR count). The minimum absolute atomic E-state index is 0.0163. The number of carbonyl (C=O) groups excluding carboxylic acids is 1. The summed E-state index contributed by atoms with van der Waals surface area (Å²) in [5.74, 6) is -1.84. The number of aromatic carboxylic acids is 1. The summed E-state index contributed by atoms with van der Waals surface area (Å²) in [6.07, 6.45) is 1.08. The number of nitrogens with zero attached hydrogens (tertiary/aromatic N) is 2. The number of phenolic OH excluding ortho intramolecular Hbond substituents is 1. The number of hydrogen-bond acceptors (Lipinski definition) is 5. The lowest BCUT2D eigenvalue weighted by atomic mass is 10.0. The van der Waals surface area contributed by atoms with Gasteiger partial charge in [0.15, 0.2) is 0 Å². The number of aromatic hydroxyl groups is 1. The minimum atomic E-state index is -1.14. The van der Waals surface area contributed by atoms with Gasteiger partial charge in [0.05, 0.1) is 16.8 Å². The molecule has 1 amide bonds. The van der Waals surface area contributed by atoms with Crippen LogP contribution in [-0.2, 0) is 6.54 Å². The highest BCUT2D eigenvalue weighted by molar-refractivity contribution is 6.09. The summed E-state index contributed by atoms with van der Waals surface area (Å²) in [7, 11) is 2.12. The van der Waals surface area contributed by atoms with Crippen LogP contribution in [0.25, 0.3) is 11.1 Å². The first kappa shape index (κ1) is 23.5. The first-order valence-corrected chi connectivity index (χ1v) is 11.4. The number of rotatable bonds is 6. The average molecular weight is 460 g/mol. The first-order valence-electron chi connectivity index (χ1n) is 11.4. The van der Waals surface area contributed by atoms with Gasteiger partial charge in [0.25, 0.3) is 5.91 Å². The summed E-state index contributed by atoms with van der Waals surface area (Å²) in [5.41, 5.74) is 2.89. The van der Waals surface area contributed by atoms with Crippen LogP contribution >= 0.6 is 0 Å². The van der Waals surface area contributed by atoms with E-state index >= 15 is 0 Å². The van der Waals surface area contributed by atoms with Gasteiger partial charge in [0.1, 0.15) is 5.75 Å². The Hall–Kier alpha value is -3.68. The van der Waals surface area contributed by atoms with Gasteiger partial charge in [-0.15, -0.1) is 0 Å². The van der Waals surface area contributed by atoms with E-state index in [0.717, 1.165) is 49.3 Å². The van der Waals surface area contributed by atoms with Crippen LogP contribution in [0.4, 0.5) is 5.69 Å². The second kappa shape index (κ2) is 10.5. The van der Waals surface area contributed by atoms with Crippen LogP contribution < -0.4 is 5.32 Å². The van der Waals surface area contributed by atoms with E-state index in [1.54, 1.807) is 18.2 Å². The van der Waals surface area contributed by atoms with Crippen molar-refractivity contribution in [1.29, 1.82) is 0 Å². The van der Waals surface area contributed by atoms with Crippen LogP contribution in [0.15, 0.2) is 66.7 Å². The van der Waals surface area contributed by atoms with E-state index in [-0.39, 0.29) is 22.6 Å². The third kappa shape index (κ3) is 5.62. The fourth-order valence-electron chi connectivity index (χ4n) is 4.21. The molecule has 1 aliphatic rings. The zero-order chi connectivity index (χ0) is 24.1. The maximum absolute atomic E-state index is 13.1. The number of carbonyl (C=O) groups is 2. The molecule has 7 nitrogen and oxygen atoms in total. The van der Waals surface area contributed by atoms with Crippen LogP contribution in [0.3, 0.4) is 0 Å². The second-order valence-electron chi connectivity index (χ2n) is 8.67. The van der Waals surface area contributed by atoms with E-state index in [2.05, 4.69) is 22.2 Å². The molecule has 0 saturated carbocycles. The molecule has 34 heavy (non-hydrogen) atoms. The van der Waals surface area contributed by atoms with Crippen molar-refractivity contribution in [3.05, 3.63) is 83.4 Å². The SMILES string of the molecule is CN1CCCN(Cc2ccc(O)c(C(=O)Nc3cc(-c4ccccc4)ccc3C(=O)O)c2)CC1. The second-order valence-corrected chi connectivity index (χ2v) is 8.67. The Morgan fingerprint density at radius 2 is 1.68 bits per heavy atom. The monoisotopic (exact) mass is 459 g/mol. The number of carboxylic acid groups (broad SMARTS) is 1. The lowest BCUT2D eigenvalue weighted by Gasteiger charge is -2.20. The van der Waals surface area contributed by atoms with Crippen LogP contribution in [0.2, 0.25) is 0 Å². The molecule has 1 fully saturated rings. The van der Waals surface area contributed by atoms with Gasteiger partial charge in [-0.1, -0.05) is 42.5 Å². The quantitative estimate of drug-likeness (QED) is 0.513. The molecule has 1 saturated heterocycles. The van der Waals surface area contributed by atoms with E-state index in [1.807, 2.05) is 36.4 Å². The molecule has 1 aliphatic heterocycles. The van der Waals surface area contributed by atoms with Crippen LogP contribution in [-0.4, -0.2) is 65.1 Å². The molecule has 0 radical (unpaired) electrons. The molecule has 3 aromatic rings. The van der Waals surface area contributed by atoms with Crippen LogP contribution in [0.1, 0.15) is 32.7 Å². The Morgan fingerprint density at radius 3 is 2.44 bits per heavy atom. The van der Waals surface area contributed by atoms with E-state index in [1.165, 1.54) is 12.1 Å². The fraction of sp³-hybridized carbons (Fsp3) is 0.259. The molecular weight excluding hydrogens is 430 g/mol. The van der Waals surface area contributed by atoms with Gasteiger partial charge < -0.3 is 20.4 Å². The van der Waals surface area contributed by atoms with E-state index in [4.69, 9.17) is 0 Å². The van der Waals surface area contributed by atoms with Gasteiger partial charge in [0, 0.05) is 19.6 Å². The van der Waals surface area contributed by atoms with E-state index in [0.29, 0.717) is 6.54 Å². The average Bonchev–Trinajstić information content (AvgIpc) is 3.04. The van der Waals surface area contributed by atoms with Gasteiger partial charge in [0.2, 0.25) is 0 Å². The van der Waals surface area contributed by atoms with Gasteiger partial charge in [-0.3, -0.25) is 9.69 Å². The number of hydrogen-bond donors (Lipinski definition) is 3. The molecule has 0 bridgehead atoms. The largest absolute Gasteiger partial charge is 0.507 e. The van der Waals surface area contributed by atoms with Crippen molar-refractivity contribution in [3.8, 4) is 16.9 Å². The van der Waals surface area contributed by atoms with Crippen molar-refractivity contribution in [3.63, 3.8) is 0 Å². The van der Waals surface area contributed by atoms with Crippen molar-refractivity contribution in [2.75, 3.05) is 38.5 Å². The minimum Gasteiger partial charge on any atom is -0.507 e. The molecule has 176 valence electrons. The third-order valence-corrected chi connectivity index (χ3v) is 6.13. The van der Waals surface area contributed by atoms with Gasteiger partial charge in [-0.2, -0.15) is 0 Å². The zero-order valence-corrected chi connectivity index (χ0v) is 19.2. The number of phenols is 1. The highest BCUT2D eigenvalue weighted by atomic mass is 16.4. The Bertz CT molecular complexity index is 1180. The molecule has 0 aromatic heterocycles. The molecular formula is C27H29N3O4. The van der Waals surface area contributed by atoms with Gasteiger partial charge >= 0.3 is 5.97 Å². The van der Waals surface area contributed by atoms with Crippen molar-refractivity contribution in [1.82, 2.24) is 9.80 Å². The summed E-state index contributed by atoms with van der Waals surface area (Å²) >= 11 is 0. The van der Waals surface area contributed by atoms with Crippen molar-refractivity contribution < 1.29 is 19.8 Å². The number of benzene rings is 3. The highest BCUT2D eigenvalue weighted by Crippen LogP contribution is 2.28. The molecule has 1 heterocycles. The number of nitrogens with one attached hydrogen (secondary N) is 1. The van der Waals surface area contributed by atoms with Crippen molar-refractivity contribution in [2.45, 2.75) is 13.0 Å². The summed E-state index contributed by atoms with van der Waals surface area (Å²) in [5, 5.41) is 22.7. The Kier molecular flexibility index (Phi) is 7.25. The smallest absolute Gasteiger partial charge is 0.337 e. The predicted molar refractivity (Wildman–Crippen MR) is 132 cm³/mol. The first-order chi connectivity index (χ1) is 16.4. The molecule has 0 unspecified atom stereocenters. The number of anilines is 1. The standard InChI is InChI=1S/C27H29N3O4/c1-29-12-5-13-30(15-14-29)18-19-8-11-25(31)23(16-19)26(32)28-24-17-21(9-10-22(24)27(33)34)20-6-3-2-4-7-20/h2-4,6-11,16-17,31H,5,12-15,18H2,1H3,(H,28,32)(H,33,34). The maximum Gasteiger partial charge on any atom is 0.337 e. The van der Waals surface area contributed by atoms with Crippen LogP contribution in [0.5, 0.6) is 5.75 Å². The van der Waals surface area contributed by atoms with Crippen LogP contribution in [0, 0.1) is 0 Å². The lowest BCUT2D eigenvalue weighted by molar-refractivity contribution is 0.0698. The van der Waals surface area contributed by atoms with Gasteiger partial charge in [-0.25, -0.2) is 4.79 Å². The predicted octanol–water partition coefficient (Wildman–Crippen LogP) is 4.15. The Balaban J connectivity index is 1.57. The summed E-state index contributed by atoms with van der Waals surface area (Å²) in [4.78, 5) is 29.5. The van der Waals surface area contributed by atoms with E-state index in [9.17, 15) is 19.8 Å². The normalized spacial score (nSPS) is 15.0. The Morgan fingerprint density at radius 1 is 0.882 bits per heavy atom. The van der Waals surface area contributed by atoms with E-state index < -0.39 is 11.9 Å². The lowest BCUT2D eigenvalue weighted by Crippen LogP contribution is -2.28. The topological polar surface area (TPSA) is 93.1 Å². The number of carboxylic acids is 1. The molecule has 3 N–H and O–H groups in total. The third-order valence-electron chi connectivity index (χ3n) is 6.13. The number of likely N-dealkylation sites (N-methyl/N-ethyl adjacent to an activating group) is 1. The molecule has 7 heteroatoms. The molecule has 0 spiro atoms. The molecule has 0 aliphatic carbocycles. The maximum atomic E-state index is 13.1. The fourth-order valence-corrected chi connectivity index (χ4v) is 4.21. The van der Waals surface area contributed by atoms with Gasteiger partial charge in [-0.05, 0) is 67.5 Å². The number of amides is 1.